The van der Waals surface area contributed by atoms with E-state index in [9.17, 15) is 4.79 Å². The number of unbranched alkanes of at least 4 members (excludes halogenated alkanes) is 24. The van der Waals surface area contributed by atoms with E-state index in [1.165, 1.54) is 167 Å². The molecular weight excluding hydrogens is 440 g/mol. The molecule has 0 heterocycles. The topological polar surface area (TPSA) is 26.3 Å². The number of hydrogen-bond donors (Lipinski definition) is 0. The predicted octanol–water partition coefficient (Wildman–Crippen LogP) is 12.1. The second-order valence-corrected chi connectivity index (χ2v) is 11.5. The van der Waals surface area contributed by atoms with E-state index in [1.807, 2.05) is 6.92 Å². The van der Waals surface area contributed by atoms with Crippen molar-refractivity contribution in [2.24, 2.45) is 5.92 Å². The van der Waals surface area contributed by atoms with Crippen LogP contribution in [-0.2, 0) is 9.53 Å². The van der Waals surface area contributed by atoms with Gasteiger partial charge in [0.15, 0.2) is 0 Å². The van der Waals surface area contributed by atoms with Crippen molar-refractivity contribution >= 4 is 5.97 Å². The van der Waals surface area contributed by atoms with Gasteiger partial charge in [-0.1, -0.05) is 181 Å². The van der Waals surface area contributed by atoms with Crippen molar-refractivity contribution in [2.45, 2.75) is 201 Å². The summed E-state index contributed by atoms with van der Waals surface area (Å²) >= 11 is 0. The molecule has 0 saturated carbocycles. The molecule has 0 aliphatic heterocycles. The number of carbonyl (C=O) groups is 1. The first-order valence-electron chi connectivity index (χ1n) is 16.9. The molecule has 0 aromatic rings. The van der Waals surface area contributed by atoms with Crippen LogP contribution >= 0.6 is 0 Å². The third kappa shape index (κ3) is 26.5. The fourth-order valence-corrected chi connectivity index (χ4v) is 5.46. The van der Waals surface area contributed by atoms with Gasteiger partial charge in [0.05, 0.1) is 12.5 Å². The molecule has 1 unspecified atom stereocenters. The number of hydrogen-bond acceptors (Lipinski definition) is 2. The standard InChI is InChI=1S/C34H68O2/c1-4-7-9-11-13-15-17-19-20-22-24-26-28-30-32-33(34(35)36-6-3)31-29-27-25-23-21-18-16-14-12-10-8-5-2/h33H,4-32H2,1-3H3. The van der Waals surface area contributed by atoms with Crippen LogP contribution in [0.25, 0.3) is 0 Å². The first-order chi connectivity index (χ1) is 17.8. The molecule has 216 valence electrons. The predicted molar refractivity (Wildman–Crippen MR) is 161 cm³/mol. The van der Waals surface area contributed by atoms with E-state index in [1.54, 1.807) is 0 Å². The zero-order valence-electron chi connectivity index (χ0n) is 25.4. The highest BCUT2D eigenvalue weighted by molar-refractivity contribution is 5.72. The molecule has 0 saturated heterocycles. The lowest BCUT2D eigenvalue weighted by Crippen LogP contribution is -2.18. The largest absolute Gasteiger partial charge is 0.466 e. The Morgan fingerprint density at radius 1 is 0.417 bits per heavy atom. The van der Waals surface area contributed by atoms with Crippen molar-refractivity contribution in [3.63, 3.8) is 0 Å². The van der Waals surface area contributed by atoms with Gasteiger partial charge in [-0.25, -0.2) is 0 Å². The molecule has 0 aromatic heterocycles. The van der Waals surface area contributed by atoms with Crippen LogP contribution < -0.4 is 0 Å². The summed E-state index contributed by atoms with van der Waals surface area (Å²) in [7, 11) is 0. The molecule has 0 bridgehead atoms. The van der Waals surface area contributed by atoms with E-state index in [4.69, 9.17) is 4.74 Å². The minimum atomic E-state index is 0.0651. The van der Waals surface area contributed by atoms with Crippen molar-refractivity contribution in [1.82, 2.24) is 0 Å². The van der Waals surface area contributed by atoms with Gasteiger partial charge in [0, 0.05) is 0 Å². The first-order valence-corrected chi connectivity index (χ1v) is 16.9. The van der Waals surface area contributed by atoms with E-state index in [-0.39, 0.29) is 11.9 Å². The maximum atomic E-state index is 12.4. The molecule has 0 aliphatic carbocycles. The van der Waals surface area contributed by atoms with Gasteiger partial charge in [-0.05, 0) is 19.8 Å². The lowest BCUT2D eigenvalue weighted by atomic mass is 9.94. The molecule has 0 N–H and O–H groups in total. The monoisotopic (exact) mass is 509 g/mol. The zero-order valence-corrected chi connectivity index (χ0v) is 25.4. The van der Waals surface area contributed by atoms with Gasteiger partial charge in [-0.2, -0.15) is 0 Å². The minimum absolute atomic E-state index is 0.0651. The summed E-state index contributed by atoms with van der Waals surface area (Å²) in [5.74, 6) is 0.209. The summed E-state index contributed by atoms with van der Waals surface area (Å²) in [5, 5.41) is 0. The summed E-state index contributed by atoms with van der Waals surface area (Å²) in [6.07, 6.45) is 37.9. The van der Waals surface area contributed by atoms with Gasteiger partial charge in [0.25, 0.3) is 0 Å². The molecule has 0 amide bonds. The minimum Gasteiger partial charge on any atom is -0.466 e. The number of rotatable bonds is 30. The molecule has 0 aromatic carbocycles. The van der Waals surface area contributed by atoms with Gasteiger partial charge in [0.2, 0.25) is 0 Å². The maximum Gasteiger partial charge on any atom is 0.308 e. The quantitative estimate of drug-likeness (QED) is 0.0712. The Morgan fingerprint density at radius 2 is 0.667 bits per heavy atom. The molecule has 0 aliphatic rings. The third-order valence-corrected chi connectivity index (χ3v) is 7.93. The zero-order chi connectivity index (χ0) is 26.4. The summed E-state index contributed by atoms with van der Waals surface area (Å²) in [4.78, 5) is 12.4. The first kappa shape index (κ1) is 35.5. The summed E-state index contributed by atoms with van der Waals surface area (Å²) in [6.45, 7) is 7.03. The van der Waals surface area contributed by atoms with Crippen molar-refractivity contribution in [1.29, 1.82) is 0 Å². The molecular formula is C34H68O2. The Hall–Kier alpha value is -0.530. The Bertz CT molecular complexity index is 419. The molecule has 1 atom stereocenters. The fourth-order valence-electron chi connectivity index (χ4n) is 5.46. The Balaban J connectivity index is 3.63. The normalized spacial score (nSPS) is 12.2. The molecule has 0 radical (unpaired) electrons. The molecule has 36 heavy (non-hydrogen) atoms. The lowest BCUT2D eigenvalue weighted by molar-refractivity contribution is -0.148. The molecule has 2 heteroatoms. The number of ether oxygens (including phenoxy) is 1. The molecule has 0 fully saturated rings. The fraction of sp³-hybridized carbons (Fsp3) is 0.971. The number of carbonyl (C=O) groups excluding carboxylic acids is 1. The Labute approximate surface area is 228 Å². The van der Waals surface area contributed by atoms with E-state index in [0.717, 1.165) is 12.8 Å². The van der Waals surface area contributed by atoms with Crippen LogP contribution in [0, 0.1) is 5.92 Å². The van der Waals surface area contributed by atoms with Gasteiger partial charge in [-0.3, -0.25) is 4.79 Å². The van der Waals surface area contributed by atoms with Crippen molar-refractivity contribution < 1.29 is 9.53 Å². The summed E-state index contributed by atoms with van der Waals surface area (Å²) in [6, 6.07) is 0. The lowest BCUT2D eigenvalue weighted by Gasteiger charge is -2.15. The third-order valence-electron chi connectivity index (χ3n) is 7.93. The highest BCUT2D eigenvalue weighted by Gasteiger charge is 2.18. The van der Waals surface area contributed by atoms with Crippen LogP contribution in [0.1, 0.15) is 201 Å². The highest BCUT2D eigenvalue weighted by Crippen LogP contribution is 2.21. The van der Waals surface area contributed by atoms with Gasteiger partial charge in [0.1, 0.15) is 0 Å². The molecule has 0 rings (SSSR count). The van der Waals surface area contributed by atoms with Crippen LogP contribution in [0.5, 0.6) is 0 Å². The summed E-state index contributed by atoms with van der Waals surface area (Å²) in [5.41, 5.74) is 0. The number of esters is 1. The van der Waals surface area contributed by atoms with Gasteiger partial charge in [-0.15, -0.1) is 0 Å². The second-order valence-electron chi connectivity index (χ2n) is 11.5. The van der Waals surface area contributed by atoms with Crippen LogP contribution in [0.2, 0.25) is 0 Å². The van der Waals surface area contributed by atoms with Crippen LogP contribution in [-0.4, -0.2) is 12.6 Å². The Morgan fingerprint density at radius 3 is 0.917 bits per heavy atom. The average molecular weight is 509 g/mol. The van der Waals surface area contributed by atoms with E-state index in [2.05, 4.69) is 13.8 Å². The van der Waals surface area contributed by atoms with Crippen LogP contribution in [0.15, 0.2) is 0 Å². The van der Waals surface area contributed by atoms with Gasteiger partial charge >= 0.3 is 5.97 Å². The maximum absolute atomic E-state index is 12.4. The summed E-state index contributed by atoms with van der Waals surface area (Å²) < 4.78 is 5.39. The molecule has 2 nitrogen and oxygen atoms in total. The van der Waals surface area contributed by atoms with E-state index < -0.39 is 0 Å². The molecule has 0 spiro atoms. The van der Waals surface area contributed by atoms with Gasteiger partial charge < -0.3 is 4.74 Å². The van der Waals surface area contributed by atoms with Crippen LogP contribution in [0.3, 0.4) is 0 Å². The van der Waals surface area contributed by atoms with Crippen molar-refractivity contribution in [2.75, 3.05) is 6.61 Å². The second kappa shape index (κ2) is 30.7. The highest BCUT2D eigenvalue weighted by atomic mass is 16.5. The average Bonchev–Trinajstić information content (AvgIpc) is 2.88. The Kier molecular flexibility index (Phi) is 30.2. The smallest absolute Gasteiger partial charge is 0.308 e. The van der Waals surface area contributed by atoms with Crippen molar-refractivity contribution in [3.8, 4) is 0 Å². The van der Waals surface area contributed by atoms with E-state index in [0.29, 0.717) is 6.61 Å². The van der Waals surface area contributed by atoms with E-state index >= 15 is 0 Å². The SMILES string of the molecule is CCCCCCCCCCCCCCCCC(CCCCCCCCCCCCCC)C(=O)OCC. The van der Waals surface area contributed by atoms with Crippen molar-refractivity contribution in [3.05, 3.63) is 0 Å². The van der Waals surface area contributed by atoms with Crippen LogP contribution in [0.4, 0.5) is 0 Å².